The SMILES string of the molecule is COc1ccc(CN2C(=O)c3ccccc3C2=O)cc1C(=O)Nc1ccc(NC(N)=O)cc1. The number of amides is 5. The Morgan fingerprint density at radius 1 is 0.879 bits per heavy atom. The molecule has 5 amide bonds. The van der Waals surface area contributed by atoms with Gasteiger partial charge in [0, 0.05) is 11.4 Å². The van der Waals surface area contributed by atoms with Gasteiger partial charge in [-0.25, -0.2) is 4.79 Å². The molecule has 3 aromatic rings. The Morgan fingerprint density at radius 2 is 1.45 bits per heavy atom. The first kappa shape index (κ1) is 21.6. The number of urea groups is 1. The van der Waals surface area contributed by atoms with Crippen LogP contribution in [0.1, 0.15) is 36.6 Å². The van der Waals surface area contributed by atoms with E-state index in [2.05, 4.69) is 10.6 Å². The van der Waals surface area contributed by atoms with Gasteiger partial charge in [-0.3, -0.25) is 19.3 Å². The summed E-state index contributed by atoms with van der Waals surface area (Å²) in [5.74, 6) is -0.846. The number of primary amides is 1. The Morgan fingerprint density at radius 3 is 2.00 bits per heavy atom. The number of carbonyl (C=O) groups is 4. The number of imide groups is 1. The van der Waals surface area contributed by atoms with Gasteiger partial charge in [0.25, 0.3) is 17.7 Å². The Hall–Kier alpha value is -4.66. The van der Waals surface area contributed by atoms with Crippen LogP contribution >= 0.6 is 0 Å². The number of ether oxygens (including phenoxy) is 1. The molecule has 0 radical (unpaired) electrons. The number of rotatable bonds is 6. The van der Waals surface area contributed by atoms with Crippen LogP contribution in [0.5, 0.6) is 5.75 Å². The summed E-state index contributed by atoms with van der Waals surface area (Å²) in [6.07, 6.45) is 0. The number of methoxy groups -OCH3 is 1. The molecule has 0 bridgehead atoms. The summed E-state index contributed by atoms with van der Waals surface area (Å²) < 4.78 is 5.32. The number of nitrogens with one attached hydrogen (secondary N) is 2. The zero-order valence-electron chi connectivity index (χ0n) is 17.6. The average Bonchev–Trinajstić information content (AvgIpc) is 3.05. The third-order valence-corrected chi connectivity index (χ3v) is 5.14. The molecular weight excluding hydrogens is 424 g/mol. The lowest BCUT2D eigenvalue weighted by atomic mass is 10.1. The first-order valence-corrected chi connectivity index (χ1v) is 9.97. The van der Waals surface area contributed by atoms with Crippen LogP contribution in [0, 0.1) is 0 Å². The zero-order chi connectivity index (χ0) is 23.5. The highest BCUT2D eigenvalue weighted by atomic mass is 16.5. The summed E-state index contributed by atoms with van der Waals surface area (Å²) in [6.45, 7) is 0.0180. The molecule has 0 unspecified atom stereocenters. The minimum absolute atomic E-state index is 0.0180. The average molecular weight is 444 g/mol. The summed E-state index contributed by atoms with van der Waals surface area (Å²) in [5.41, 5.74) is 7.63. The minimum Gasteiger partial charge on any atom is -0.496 e. The molecule has 0 aliphatic carbocycles. The van der Waals surface area contributed by atoms with Crippen molar-refractivity contribution < 1.29 is 23.9 Å². The van der Waals surface area contributed by atoms with Gasteiger partial charge >= 0.3 is 6.03 Å². The van der Waals surface area contributed by atoms with E-state index in [-0.39, 0.29) is 23.9 Å². The number of hydrogen-bond donors (Lipinski definition) is 3. The molecule has 0 aromatic heterocycles. The van der Waals surface area contributed by atoms with E-state index < -0.39 is 11.9 Å². The van der Waals surface area contributed by atoms with Crippen molar-refractivity contribution in [2.75, 3.05) is 17.7 Å². The number of nitrogens with zero attached hydrogens (tertiary/aromatic N) is 1. The van der Waals surface area contributed by atoms with Crippen LogP contribution in [0.2, 0.25) is 0 Å². The maximum absolute atomic E-state index is 12.9. The molecule has 3 aromatic carbocycles. The van der Waals surface area contributed by atoms with Gasteiger partial charge in [0.2, 0.25) is 0 Å². The largest absolute Gasteiger partial charge is 0.496 e. The van der Waals surface area contributed by atoms with Crippen molar-refractivity contribution in [2.24, 2.45) is 5.73 Å². The molecule has 33 heavy (non-hydrogen) atoms. The van der Waals surface area contributed by atoms with Crippen LogP contribution in [0.3, 0.4) is 0 Å². The number of anilines is 2. The van der Waals surface area contributed by atoms with E-state index in [0.717, 1.165) is 4.90 Å². The topological polar surface area (TPSA) is 131 Å². The Kier molecular flexibility index (Phi) is 5.77. The number of fused-ring (bicyclic) bond motifs is 1. The third kappa shape index (κ3) is 4.38. The van der Waals surface area contributed by atoms with Gasteiger partial charge < -0.3 is 21.1 Å². The first-order valence-electron chi connectivity index (χ1n) is 9.97. The molecule has 0 atom stereocenters. The molecule has 0 spiro atoms. The normalized spacial score (nSPS) is 12.3. The molecule has 1 aliphatic heterocycles. The fourth-order valence-corrected chi connectivity index (χ4v) is 3.57. The molecule has 0 saturated carbocycles. The van der Waals surface area contributed by atoms with E-state index in [9.17, 15) is 19.2 Å². The molecular formula is C24H20N4O5. The minimum atomic E-state index is -0.689. The molecule has 4 rings (SSSR count). The fourth-order valence-electron chi connectivity index (χ4n) is 3.57. The second-order valence-corrected chi connectivity index (χ2v) is 7.30. The maximum atomic E-state index is 12.9. The highest BCUT2D eigenvalue weighted by Gasteiger charge is 2.35. The van der Waals surface area contributed by atoms with Gasteiger partial charge in [0.15, 0.2) is 0 Å². The van der Waals surface area contributed by atoms with E-state index in [4.69, 9.17) is 10.5 Å². The van der Waals surface area contributed by atoms with Crippen LogP contribution < -0.4 is 21.1 Å². The van der Waals surface area contributed by atoms with Crippen molar-refractivity contribution in [3.05, 3.63) is 89.0 Å². The van der Waals surface area contributed by atoms with Crippen molar-refractivity contribution in [3.63, 3.8) is 0 Å². The lowest BCUT2D eigenvalue weighted by molar-refractivity contribution is 0.0642. The third-order valence-electron chi connectivity index (χ3n) is 5.14. The predicted molar refractivity (Wildman–Crippen MR) is 121 cm³/mol. The summed E-state index contributed by atoms with van der Waals surface area (Å²) in [4.78, 5) is 50.3. The quantitative estimate of drug-likeness (QED) is 0.503. The number of nitrogens with two attached hydrogens (primary N) is 1. The van der Waals surface area contributed by atoms with E-state index in [0.29, 0.717) is 33.8 Å². The first-order chi connectivity index (χ1) is 15.9. The fraction of sp³-hybridized carbons (Fsp3) is 0.0833. The molecule has 4 N–H and O–H groups in total. The van der Waals surface area contributed by atoms with Crippen molar-refractivity contribution in [1.82, 2.24) is 4.90 Å². The Balaban J connectivity index is 1.53. The van der Waals surface area contributed by atoms with Crippen molar-refractivity contribution in [2.45, 2.75) is 6.54 Å². The molecule has 0 fully saturated rings. The van der Waals surface area contributed by atoms with E-state index in [1.807, 2.05) is 0 Å². The molecule has 1 aliphatic rings. The Labute approximate surface area is 189 Å². The highest BCUT2D eigenvalue weighted by molar-refractivity contribution is 6.21. The van der Waals surface area contributed by atoms with Gasteiger partial charge in [0.1, 0.15) is 5.75 Å². The van der Waals surface area contributed by atoms with Crippen LogP contribution in [0.15, 0.2) is 66.7 Å². The van der Waals surface area contributed by atoms with Crippen LogP contribution in [0.25, 0.3) is 0 Å². The van der Waals surface area contributed by atoms with Gasteiger partial charge in [-0.1, -0.05) is 18.2 Å². The monoisotopic (exact) mass is 444 g/mol. The summed E-state index contributed by atoms with van der Waals surface area (Å²) in [5, 5.41) is 5.19. The lowest BCUT2D eigenvalue weighted by Gasteiger charge is -2.16. The van der Waals surface area contributed by atoms with Gasteiger partial charge in [-0.2, -0.15) is 0 Å². The molecule has 9 heteroatoms. The van der Waals surface area contributed by atoms with Crippen LogP contribution in [-0.4, -0.2) is 35.8 Å². The molecule has 1 heterocycles. The maximum Gasteiger partial charge on any atom is 0.316 e. The van der Waals surface area contributed by atoms with Crippen molar-refractivity contribution in [3.8, 4) is 5.75 Å². The van der Waals surface area contributed by atoms with E-state index >= 15 is 0 Å². The summed E-state index contributed by atoms with van der Waals surface area (Å²) in [7, 11) is 1.44. The van der Waals surface area contributed by atoms with Gasteiger partial charge in [-0.15, -0.1) is 0 Å². The van der Waals surface area contributed by atoms with Crippen LogP contribution in [-0.2, 0) is 6.54 Å². The van der Waals surface area contributed by atoms with E-state index in [1.165, 1.54) is 7.11 Å². The van der Waals surface area contributed by atoms with Crippen molar-refractivity contribution >= 4 is 35.1 Å². The van der Waals surface area contributed by atoms with Crippen LogP contribution in [0.4, 0.5) is 16.2 Å². The summed E-state index contributed by atoms with van der Waals surface area (Å²) in [6, 6.07) is 17.3. The standard InChI is InChI=1S/C24H20N4O5/c1-33-20-11-6-14(13-28-22(30)17-4-2-3-5-18(17)23(28)31)12-19(20)21(29)26-15-7-9-16(10-8-15)27-24(25)32/h2-12H,13H2,1H3,(H,26,29)(H3,25,27,32). The Bertz CT molecular complexity index is 1240. The number of benzene rings is 3. The summed E-state index contributed by atoms with van der Waals surface area (Å²) >= 11 is 0. The smallest absolute Gasteiger partial charge is 0.316 e. The second kappa shape index (κ2) is 8.83. The van der Waals surface area contributed by atoms with E-state index in [1.54, 1.807) is 66.7 Å². The molecule has 9 nitrogen and oxygen atoms in total. The number of carbonyl (C=O) groups excluding carboxylic acids is 4. The lowest BCUT2D eigenvalue weighted by Crippen LogP contribution is -2.29. The molecule has 0 saturated heterocycles. The highest BCUT2D eigenvalue weighted by Crippen LogP contribution is 2.27. The van der Waals surface area contributed by atoms with Gasteiger partial charge in [-0.05, 0) is 54.1 Å². The van der Waals surface area contributed by atoms with Gasteiger partial charge in [0.05, 0.1) is 30.3 Å². The predicted octanol–water partition coefficient (Wildman–Crippen LogP) is 3.23. The number of hydrogen-bond acceptors (Lipinski definition) is 5. The second-order valence-electron chi connectivity index (χ2n) is 7.30. The molecule has 166 valence electrons. The van der Waals surface area contributed by atoms with Crippen molar-refractivity contribution in [1.29, 1.82) is 0 Å². The zero-order valence-corrected chi connectivity index (χ0v) is 17.6.